The van der Waals surface area contributed by atoms with Gasteiger partial charge in [-0.25, -0.2) is 13.2 Å². The Bertz CT molecular complexity index is 1220. The Kier molecular flexibility index (Phi) is 4.22. The van der Waals surface area contributed by atoms with Crippen LogP contribution < -0.4 is 5.43 Å². The smallest absolute Gasteiger partial charge is 0.335 e. The first-order valence-corrected chi connectivity index (χ1v) is 9.64. The van der Waals surface area contributed by atoms with Crippen molar-refractivity contribution in [3.63, 3.8) is 0 Å². The molecule has 9 heteroatoms. The van der Waals surface area contributed by atoms with Crippen LogP contribution in [0.15, 0.2) is 50.5 Å². The molecular weight excluding hydrogens is 374 g/mol. The van der Waals surface area contributed by atoms with Gasteiger partial charge in [0.2, 0.25) is 15.5 Å². The summed E-state index contributed by atoms with van der Waals surface area (Å²) < 4.78 is 37.8. The third-order valence-corrected chi connectivity index (χ3v) is 6.39. The number of fused-ring (bicyclic) bond motifs is 2. The van der Waals surface area contributed by atoms with Gasteiger partial charge in [0, 0.05) is 13.1 Å². The minimum atomic E-state index is -3.77. The summed E-state index contributed by atoms with van der Waals surface area (Å²) in [5.41, 5.74) is -0.0580. The van der Waals surface area contributed by atoms with Crippen molar-refractivity contribution in [2.24, 2.45) is 0 Å². The Hall–Kier alpha value is -2.75. The number of morpholine rings is 1. The predicted octanol–water partition coefficient (Wildman–Crippen LogP) is 1.67. The van der Waals surface area contributed by atoms with Crippen molar-refractivity contribution in [1.29, 1.82) is 0 Å². The number of hydrogen-bond donors (Lipinski definition) is 1. The molecule has 4 rings (SSSR count). The predicted molar refractivity (Wildman–Crippen MR) is 96.5 cm³/mol. The number of benzene rings is 2. The van der Waals surface area contributed by atoms with Crippen molar-refractivity contribution in [2.45, 2.75) is 4.90 Å². The molecule has 0 unspecified atom stereocenters. The van der Waals surface area contributed by atoms with Crippen molar-refractivity contribution in [3.05, 3.63) is 52.2 Å². The molecule has 0 bridgehead atoms. The molecule has 0 saturated carbocycles. The fourth-order valence-electron chi connectivity index (χ4n) is 3.07. The minimum absolute atomic E-state index is 0.0158. The van der Waals surface area contributed by atoms with Crippen molar-refractivity contribution in [3.8, 4) is 0 Å². The molecule has 27 heavy (non-hydrogen) atoms. The molecule has 1 fully saturated rings. The van der Waals surface area contributed by atoms with E-state index in [9.17, 15) is 18.0 Å². The van der Waals surface area contributed by atoms with E-state index in [1.54, 1.807) is 0 Å². The molecule has 1 aliphatic heterocycles. The first kappa shape index (κ1) is 17.7. The van der Waals surface area contributed by atoms with Crippen LogP contribution in [0.2, 0.25) is 0 Å². The average Bonchev–Trinajstić information content (AvgIpc) is 2.68. The number of carbonyl (C=O) groups is 1. The van der Waals surface area contributed by atoms with Crippen LogP contribution in [-0.4, -0.2) is 50.1 Å². The standard InChI is InChI=1S/C18H15NO7S/c20-17-13-9-11(18(21)22)1-3-15(13)26-16-4-2-12(10-14(16)17)27(23,24)19-5-7-25-8-6-19/h1-4,9-10H,5-8H2,(H,21,22). The van der Waals surface area contributed by atoms with E-state index >= 15 is 0 Å². The maximum atomic E-state index is 12.8. The number of nitrogens with zero attached hydrogens (tertiary/aromatic N) is 1. The molecule has 3 aromatic rings. The van der Waals surface area contributed by atoms with Crippen LogP contribution in [0.4, 0.5) is 0 Å². The molecule has 1 aliphatic rings. The van der Waals surface area contributed by atoms with Gasteiger partial charge in [0.15, 0.2) is 0 Å². The Morgan fingerprint density at radius 2 is 1.63 bits per heavy atom. The van der Waals surface area contributed by atoms with Gasteiger partial charge in [-0.1, -0.05) is 0 Å². The highest BCUT2D eigenvalue weighted by Gasteiger charge is 2.27. The lowest BCUT2D eigenvalue weighted by Gasteiger charge is -2.26. The van der Waals surface area contributed by atoms with Gasteiger partial charge in [-0.05, 0) is 36.4 Å². The van der Waals surface area contributed by atoms with E-state index in [0.29, 0.717) is 13.2 Å². The lowest BCUT2D eigenvalue weighted by atomic mass is 10.1. The molecule has 0 radical (unpaired) electrons. The maximum Gasteiger partial charge on any atom is 0.335 e. The van der Waals surface area contributed by atoms with E-state index in [4.69, 9.17) is 14.3 Å². The van der Waals surface area contributed by atoms with Gasteiger partial charge in [-0.15, -0.1) is 0 Å². The second kappa shape index (κ2) is 6.45. The van der Waals surface area contributed by atoms with Gasteiger partial charge in [-0.3, -0.25) is 4.79 Å². The highest BCUT2D eigenvalue weighted by atomic mass is 32.2. The van der Waals surface area contributed by atoms with Crippen LogP contribution in [-0.2, 0) is 14.8 Å². The van der Waals surface area contributed by atoms with Crippen molar-refractivity contribution in [2.75, 3.05) is 26.3 Å². The fourth-order valence-corrected chi connectivity index (χ4v) is 4.50. The summed E-state index contributed by atoms with van der Waals surface area (Å²) in [6.07, 6.45) is 0. The topological polar surface area (TPSA) is 114 Å². The average molecular weight is 389 g/mol. The molecule has 2 heterocycles. The molecular formula is C18H15NO7S. The van der Waals surface area contributed by atoms with Gasteiger partial charge >= 0.3 is 5.97 Å². The normalized spacial score (nSPS) is 16.0. The summed E-state index contributed by atoms with van der Waals surface area (Å²) in [6, 6.07) is 8.10. The number of carboxylic acids is 1. The Morgan fingerprint density at radius 1 is 1.00 bits per heavy atom. The highest BCUT2D eigenvalue weighted by molar-refractivity contribution is 7.89. The van der Waals surface area contributed by atoms with E-state index in [2.05, 4.69) is 0 Å². The molecule has 1 N–H and O–H groups in total. The monoisotopic (exact) mass is 389 g/mol. The third kappa shape index (κ3) is 2.99. The van der Waals surface area contributed by atoms with E-state index in [0.717, 1.165) is 0 Å². The highest BCUT2D eigenvalue weighted by Crippen LogP contribution is 2.24. The Balaban J connectivity index is 1.90. The first-order valence-electron chi connectivity index (χ1n) is 8.20. The van der Waals surface area contributed by atoms with E-state index < -0.39 is 21.4 Å². The fraction of sp³-hybridized carbons (Fsp3) is 0.222. The van der Waals surface area contributed by atoms with Gasteiger partial charge < -0.3 is 14.3 Å². The quantitative estimate of drug-likeness (QED) is 0.678. The van der Waals surface area contributed by atoms with Gasteiger partial charge in [-0.2, -0.15) is 4.31 Å². The summed E-state index contributed by atoms with van der Waals surface area (Å²) >= 11 is 0. The zero-order valence-corrected chi connectivity index (χ0v) is 14.9. The molecule has 2 aromatic carbocycles. The summed E-state index contributed by atoms with van der Waals surface area (Å²) in [7, 11) is -3.77. The number of aromatic carboxylic acids is 1. The first-order chi connectivity index (χ1) is 12.9. The summed E-state index contributed by atoms with van der Waals surface area (Å²) in [6.45, 7) is 1.12. The summed E-state index contributed by atoms with van der Waals surface area (Å²) in [5.74, 6) is -1.17. The second-order valence-electron chi connectivity index (χ2n) is 6.12. The number of ether oxygens (including phenoxy) is 1. The zero-order valence-electron chi connectivity index (χ0n) is 14.0. The van der Waals surface area contributed by atoms with Crippen molar-refractivity contribution >= 4 is 37.9 Å². The Labute approximate surface area is 153 Å². The molecule has 8 nitrogen and oxygen atoms in total. The molecule has 1 saturated heterocycles. The minimum Gasteiger partial charge on any atom is -0.478 e. The molecule has 0 spiro atoms. The molecule has 0 atom stereocenters. The second-order valence-corrected chi connectivity index (χ2v) is 8.06. The van der Waals surface area contributed by atoms with Crippen LogP contribution in [0, 0.1) is 0 Å². The van der Waals surface area contributed by atoms with Gasteiger partial charge in [0.1, 0.15) is 11.2 Å². The zero-order chi connectivity index (χ0) is 19.2. The van der Waals surface area contributed by atoms with Crippen LogP contribution >= 0.6 is 0 Å². The van der Waals surface area contributed by atoms with Crippen LogP contribution in [0.3, 0.4) is 0 Å². The van der Waals surface area contributed by atoms with E-state index in [-0.39, 0.29) is 45.5 Å². The lowest BCUT2D eigenvalue weighted by molar-refractivity contribution is 0.0697. The maximum absolute atomic E-state index is 12.8. The van der Waals surface area contributed by atoms with Gasteiger partial charge in [0.05, 0.1) is 34.4 Å². The molecule has 1 aromatic heterocycles. The van der Waals surface area contributed by atoms with Crippen molar-refractivity contribution < 1.29 is 27.5 Å². The summed E-state index contributed by atoms with van der Waals surface area (Å²) in [4.78, 5) is 24.0. The Morgan fingerprint density at radius 3 is 2.30 bits per heavy atom. The third-order valence-electron chi connectivity index (χ3n) is 4.49. The lowest BCUT2D eigenvalue weighted by Crippen LogP contribution is -2.40. The van der Waals surface area contributed by atoms with Crippen LogP contribution in [0.5, 0.6) is 0 Å². The van der Waals surface area contributed by atoms with Crippen LogP contribution in [0.25, 0.3) is 21.9 Å². The largest absolute Gasteiger partial charge is 0.478 e. The number of carboxylic acid groups (broad SMARTS) is 1. The molecule has 140 valence electrons. The van der Waals surface area contributed by atoms with Crippen LogP contribution in [0.1, 0.15) is 10.4 Å². The van der Waals surface area contributed by atoms with E-state index in [1.165, 1.54) is 40.7 Å². The molecule has 0 aliphatic carbocycles. The number of hydrogen-bond acceptors (Lipinski definition) is 6. The van der Waals surface area contributed by atoms with E-state index in [1.807, 2.05) is 0 Å². The van der Waals surface area contributed by atoms with Crippen molar-refractivity contribution in [1.82, 2.24) is 4.31 Å². The molecule has 0 amide bonds. The SMILES string of the molecule is O=C(O)c1ccc2oc3ccc(S(=O)(=O)N4CCOCC4)cc3c(=O)c2c1. The number of sulfonamides is 1. The van der Waals surface area contributed by atoms with Gasteiger partial charge in [0.25, 0.3) is 0 Å². The number of rotatable bonds is 3. The summed E-state index contributed by atoms with van der Waals surface area (Å²) in [5, 5.41) is 9.28.